The smallest absolute Gasteiger partial charge is 0.0576 e. The van der Waals surface area contributed by atoms with Crippen molar-refractivity contribution in [3.8, 4) is 16.8 Å². The van der Waals surface area contributed by atoms with Gasteiger partial charge in [0.15, 0.2) is 0 Å². The molecule has 7 rings (SSSR count). The average Bonchev–Trinajstić information content (AvgIpc) is 3.25. The Kier molecular flexibility index (Phi) is 2.40. The molecule has 0 spiro atoms. The second-order valence-electron chi connectivity index (χ2n) is 7.77. The Bertz CT molecular complexity index is 1420. The lowest BCUT2D eigenvalue weighted by atomic mass is 9.97. The SMILES string of the molecule is c1ccc2c(c1)Cc1c-2ccc2c1c1cccc3c1n2-c1ccccc1C3. The fourth-order valence-electron chi connectivity index (χ4n) is 5.34. The van der Waals surface area contributed by atoms with Gasteiger partial charge in [-0.1, -0.05) is 66.7 Å². The molecule has 27 heavy (non-hydrogen) atoms. The number of rotatable bonds is 0. The van der Waals surface area contributed by atoms with Gasteiger partial charge in [-0.3, -0.25) is 0 Å². The van der Waals surface area contributed by atoms with Crippen molar-refractivity contribution in [1.29, 1.82) is 0 Å². The van der Waals surface area contributed by atoms with Crippen molar-refractivity contribution in [3.63, 3.8) is 0 Å². The Morgan fingerprint density at radius 1 is 0.593 bits per heavy atom. The zero-order valence-electron chi connectivity index (χ0n) is 14.9. The van der Waals surface area contributed by atoms with E-state index in [0.717, 1.165) is 12.8 Å². The van der Waals surface area contributed by atoms with E-state index in [-0.39, 0.29) is 0 Å². The van der Waals surface area contributed by atoms with Crippen molar-refractivity contribution < 1.29 is 0 Å². The molecule has 1 aromatic heterocycles. The van der Waals surface area contributed by atoms with E-state index in [1.807, 2.05) is 0 Å². The van der Waals surface area contributed by atoms with Crippen LogP contribution in [0.3, 0.4) is 0 Å². The summed E-state index contributed by atoms with van der Waals surface area (Å²) in [5, 5.41) is 2.85. The van der Waals surface area contributed by atoms with E-state index in [1.165, 1.54) is 60.9 Å². The highest BCUT2D eigenvalue weighted by atomic mass is 15.0. The fraction of sp³-hybridized carbons (Fsp3) is 0.0769. The third-order valence-electron chi connectivity index (χ3n) is 6.43. The van der Waals surface area contributed by atoms with Crippen LogP contribution in [0.15, 0.2) is 78.9 Å². The molecule has 0 saturated heterocycles. The van der Waals surface area contributed by atoms with Gasteiger partial charge in [0, 0.05) is 22.9 Å². The maximum Gasteiger partial charge on any atom is 0.0576 e. The van der Waals surface area contributed by atoms with Crippen molar-refractivity contribution in [1.82, 2.24) is 4.57 Å². The first-order chi connectivity index (χ1) is 13.4. The lowest BCUT2D eigenvalue weighted by Crippen LogP contribution is -2.07. The van der Waals surface area contributed by atoms with Crippen LogP contribution in [-0.2, 0) is 12.8 Å². The van der Waals surface area contributed by atoms with Crippen LogP contribution in [0.5, 0.6) is 0 Å². The van der Waals surface area contributed by atoms with E-state index in [4.69, 9.17) is 0 Å². The van der Waals surface area contributed by atoms with Gasteiger partial charge in [0.05, 0.1) is 11.0 Å². The van der Waals surface area contributed by atoms with Gasteiger partial charge in [-0.05, 0) is 51.9 Å². The molecule has 1 aliphatic carbocycles. The molecule has 126 valence electrons. The Balaban J connectivity index is 1.69. The first-order valence-corrected chi connectivity index (χ1v) is 9.64. The van der Waals surface area contributed by atoms with Crippen molar-refractivity contribution in [3.05, 3.63) is 101 Å². The summed E-state index contributed by atoms with van der Waals surface area (Å²) in [7, 11) is 0. The van der Waals surface area contributed by atoms with Crippen molar-refractivity contribution in [2.45, 2.75) is 12.8 Å². The van der Waals surface area contributed by atoms with E-state index in [9.17, 15) is 0 Å². The zero-order valence-corrected chi connectivity index (χ0v) is 14.9. The van der Waals surface area contributed by atoms with Crippen molar-refractivity contribution in [2.24, 2.45) is 0 Å². The lowest BCUT2D eigenvalue weighted by Gasteiger charge is -2.20. The number of aromatic nitrogens is 1. The summed E-state index contributed by atoms with van der Waals surface area (Å²) >= 11 is 0. The maximum absolute atomic E-state index is 2.50. The van der Waals surface area contributed by atoms with Gasteiger partial charge >= 0.3 is 0 Å². The van der Waals surface area contributed by atoms with Gasteiger partial charge in [0.25, 0.3) is 0 Å². The van der Waals surface area contributed by atoms with Crippen LogP contribution >= 0.6 is 0 Å². The molecule has 1 aliphatic heterocycles. The van der Waals surface area contributed by atoms with Crippen LogP contribution in [0.4, 0.5) is 0 Å². The number of hydrogen-bond donors (Lipinski definition) is 0. The fourth-order valence-corrected chi connectivity index (χ4v) is 5.34. The van der Waals surface area contributed by atoms with Crippen LogP contribution in [0, 0.1) is 0 Å². The molecular weight excluding hydrogens is 326 g/mol. The minimum atomic E-state index is 1.02. The highest BCUT2D eigenvalue weighted by Crippen LogP contribution is 2.46. The normalized spacial score (nSPS) is 13.6. The second kappa shape index (κ2) is 4.69. The van der Waals surface area contributed by atoms with Crippen LogP contribution in [0.1, 0.15) is 22.3 Å². The monoisotopic (exact) mass is 343 g/mol. The second-order valence-corrected chi connectivity index (χ2v) is 7.77. The van der Waals surface area contributed by atoms with Gasteiger partial charge in [-0.2, -0.15) is 0 Å². The summed E-state index contributed by atoms with van der Waals surface area (Å²) in [6.07, 6.45) is 2.06. The van der Waals surface area contributed by atoms with Gasteiger partial charge in [-0.25, -0.2) is 0 Å². The number of hydrogen-bond acceptors (Lipinski definition) is 0. The third-order valence-corrected chi connectivity index (χ3v) is 6.43. The molecule has 2 aliphatic rings. The standard InChI is InChI=1S/C26H17N/c1-3-9-19-16(6-1)15-22-20(19)12-13-24-25(22)21-10-5-8-18-14-17-7-2-4-11-23(17)27(24)26(18)21/h1-13H,14-15H2. The molecule has 1 nitrogen and oxygen atoms in total. The van der Waals surface area contributed by atoms with Gasteiger partial charge in [-0.15, -0.1) is 0 Å². The van der Waals surface area contributed by atoms with Gasteiger partial charge in [0.1, 0.15) is 0 Å². The molecule has 0 unspecified atom stereocenters. The minimum absolute atomic E-state index is 1.02. The molecule has 0 radical (unpaired) electrons. The van der Waals surface area contributed by atoms with E-state index >= 15 is 0 Å². The topological polar surface area (TPSA) is 4.93 Å². The van der Waals surface area contributed by atoms with Crippen molar-refractivity contribution >= 4 is 21.8 Å². The number of para-hydroxylation sites is 2. The first-order valence-electron chi connectivity index (χ1n) is 9.64. The number of fused-ring (bicyclic) bond motifs is 9. The molecular formula is C26H17N. The lowest BCUT2D eigenvalue weighted by molar-refractivity contribution is 1.04. The molecule has 0 amide bonds. The van der Waals surface area contributed by atoms with Gasteiger partial charge in [0.2, 0.25) is 0 Å². The van der Waals surface area contributed by atoms with Crippen LogP contribution in [0.2, 0.25) is 0 Å². The van der Waals surface area contributed by atoms with E-state index in [1.54, 1.807) is 0 Å². The number of benzene rings is 4. The van der Waals surface area contributed by atoms with E-state index in [0.29, 0.717) is 0 Å². The van der Waals surface area contributed by atoms with Crippen molar-refractivity contribution in [2.75, 3.05) is 0 Å². The Hall–Kier alpha value is -3.32. The molecule has 0 N–H and O–H groups in total. The summed E-state index contributed by atoms with van der Waals surface area (Å²) in [6.45, 7) is 0. The van der Waals surface area contributed by atoms with Crippen LogP contribution < -0.4 is 0 Å². The average molecular weight is 343 g/mol. The summed E-state index contributed by atoms with van der Waals surface area (Å²) < 4.78 is 2.50. The molecule has 5 aromatic rings. The maximum atomic E-state index is 2.50. The zero-order chi connectivity index (χ0) is 17.5. The summed E-state index contributed by atoms with van der Waals surface area (Å²) in [5.74, 6) is 0. The molecule has 0 saturated carbocycles. The Labute approximate surface area is 157 Å². The predicted octanol–water partition coefficient (Wildman–Crippen LogP) is 6.26. The third kappa shape index (κ3) is 1.61. The summed E-state index contributed by atoms with van der Waals surface area (Å²) in [5.41, 5.74) is 12.7. The molecule has 4 aromatic carbocycles. The largest absolute Gasteiger partial charge is 0.309 e. The molecule has 0 bridgehead atoms. The van der Waals surface area contributed by atoms with Gasteiger partial charge < -0.3 is 4.57 Å². The first kappa shape index (κ1) is 13.8. The highest BCUT2D eigenvalue weighted by molar-refractivity contribution is 6.14. The summed E-state index contributed by atoms with van der Waals surface area (Å²) in [6, 6.07) is 29.2. The quantitative estimate of drug-likeness (QED) is 0.306. The summed E-state index contributed by atoms with van der Waals surface area (Å²) in [4.78, 5) is 0. The molecule has 0 fully saturated rings. The van der Waals surface area contributed by atoms with E-state index in [2.05, 4.69) is 83.4 Å². The highest BCUT2D eigenvalue weighted by Gasteiger charge is 2.27. The van der Waals surface area contributed by atoms with Crippen LogP contribution in [0.25, 0.3) is 38.6 Å². The molecule has 0 atom stereocenters. The molecule has 1 heteroatoms. The molecule has 2 heterocycles. The predicted molar refractivity (Wildman–Crippen MR) is 112 cm³/mol. The van der Waals surface area contributed by atoms with E-state index < -0.39 is 0 Å². The minimum Gasteiger partial charge on any atom is -0.309 e. The Morgan fingerprint density at radius 2 is 1.41 bits per heavy atom. The number of nitrogens with zero attached hydrogens (tertiary/aromatic N) is 1. The Morgan fingerprint density at radius 3 is 2.37 bits per heavy atom. The van der Waals surface area contributed by atoms with Crippen LogP contribution in [-0.4, -0.2) is 4.57 Å².